The summed E-state index contributed by atoms with van der Waals surface area (Å²) < 4.78 is 35.9. The van der Waals surface area contributed by atoms with E-state index < -0.39 is 10.1 Å². The third kappa shape index (κ3) is 5.27. The molecule has 7 heteroatoms. The van der Waals surface area contributed by atoms with Gasteiger partial charge >= 0.3 is 66.6 Å². The van der Waals surface area contributed by atoms with Gasteiger partial charge in [-0.3, -0.25) is 0 Å². The van der Waals surface area contributed by atoms with E-state index in [1.54, 1.807) is 12.1 Å². The van der Waals surface area contributed by atoms with Gasteiger partial charge in [-0.05, 0) is 19.1 Å². The van der Waals surface area contributed by atoms with Crippen molar-refractivity contribution in [2.45, 2.75) is 11.8 Å². The third-order valence-corrected chi connectivity index (χ3v) is 6.12. The molecule has 0 aliphatic carbocycles. The van der Waals surface area contributed by atoms with Crippen LogP contribution < -0.4 is 0 Å². The van der Waals surface area contributed by atoms with Crippen LogP contribution in [0.15, 0.2) is 39.3 Å². The largest absolute Gasteiger partial charge is 0.744 e. The van der Waals surface area contributed by atoms with E-state index in [0.29, 0.717) is 0 Å². The number of rotatable bonds is 1. The summed E-state index contributed by atoms with van der Waals surface area (Å²) in [6.07, 6.45) is 2.21. The summed E-state index contributed by atoms with van der Waals surface area (Å²) in [6.45, 7) is 1.82. The smallest absolute Gasteiger partial charge is 0.124 e. The maximum atomic E-state index is 10.4. The van der Waals surface area contributed by atoms with Crippen LogP contribution in [-0.2, 0) is 10.1 Å². The van der Waals surface area contributed by atoms with E-state index in [-0.39, 0.29) is 26.8 Å². The van der Waals surface area contributed by atoms with Crippen molar-refractivity contribution >= 4 is 37.8 Å². The van der Waals surface area contributed by atoms with Crippen molar-refractivity contribution < 1.29 is 15.7 Å². The van der Waals surface area contributed by atoms with Crippen LogP contribution in [-0.4, -0.2) is 69.5 Å². The predicted molar refractivity (Wildman–Crippen MR) is 80.3 cm³/mol. The molecule has 1 aromatic rings. The van der Waals surface area contributed by atoms with Gasteiger partial charge in [0.05, 0.1) is 4.90 Å². The Morgan fingerprint density at radius 2 is 1.75 bits per heavy atom. The van der Waals surface area contributed by atoms with Crippen LogP contribution in [0.3, 0.4) is 0 Å². The average Bonchev–Trinajstić information content (AvgIpc) is 2.76. The number of hydrogen-bond acceptors (Lipinski definition) is 4. The molecule has 0 saturated carbocycles. The van der Waals surface area contributed by atoms with Crippen LogP contribution in [0, 0.1) is 6.92 Å². The van der Waals surface area contributed by atoms with Crippen molar-refractivity contribution in [3.05, 3.63) is 39.9 Å². The molecular formula is C13H19N2O3SSb. The quantitative estimate of drug-likeness (QED) is 0.501. The van der Waals surface area contributed by atoms with E-state index in [1.165, 1.54) is 18.0 Å². The second-order valence-corrected chi connectivity index (χ2v) is 9.52. The zero-order valence-corrected chi connectivity index (χ0v) is 15.7. The first-order chi connectivity index (χ1) is 9.21. The molecular weight excluding hydrogens is 386 g/mol. The van der Waals surface area contributed by atoms with Gasteiger partial charge in [-0.15, -0.1) is 0 Å². The van der Waals surface area contributed by atoms with Crippen molar-refractivity contribution in [1.82, 2.24) is 4.90 Å². The molecule has 0 spiro atoms. The number of amidine groups is 1. The molecule has 0 unspecified atom stereocenters. The molecule has 0 amide bonds. The second-order valence-electron chi connectivity index (χ2n) is 4.54. The molecule has 2 rings (SSSR count). The standard InChI is InChI=1S/C7H8O3S.C6H11N2.Sb.H/c1-6-2-4-7(5-3-6)11(8,9)10;1-5-6(7-2)8(3)4;;/h2-5H,1H3,(H,8,9,10);1,5H,2-4H3;;/q;;+1;/p-1. The molecule has 0 fully saturated rings. The van der Waals surface area contributed by atoms with Crippen molar-refractivity contribution in [1.29, 1.82) is 0 Å². The Hall–Kier alpha value is -0.842. The minimum Gasteiger partial charge on any atom is -0.744 e. The zero-order chi connectivity index (χ0) is 15.3. The molecule has 5 nitrogen and oxygen atoms in total. The maximum Gasteiger partial charge on any atom is 0.124 e. The molecule has 0 N–H and O–H groups in total. The first kappa shape index (κ1) is 17.2. The molecule has 0 saturated heterocycles. The Balaban J connectivity index is 0.000000204. The Kier molecular flexibility index (Phi) is 6.24. The summed E-state index contributed by atoms with van der Waals surface area (Å²) in [4.78, 5) is 1.98. The first-order valence-corrected chi connectivity index (χ1v) is 10.3. The maximum absolute atomic E-state index is 10.4. The fourth-order valence-corrected chi connectivity index (χ4v) is 4.46. The number of hydrogen-bond donors (Lipinski definition) is 0. The van der Waals surface area contributed by atoms with Crippen LogP contribution in [0.1, 0.15) is 5.56 Å². The van der Waals surface area contributed by atoms with Gasteiger partial charge in [0.15, 0.2) is 0 Å². The average molecular weight is 405 g/mol. The SMILES string of the molecule is CN(C)C1=[N+](C)[SbH][CH]=C1.Cc1ccc(S(=O)(=O)[O-])cc1. The van der Waals surface area contributed by atoms with Crippen molar-refractivity contribution in [2.24, 2.45) is 0 Å². The van der Waals surface area contributed by atoms with Crippen LogP contribution in [0.2, 0.25) is 0 Å². The van der Waals surface area contributed by atoms with E-state index in [1.807, 2.05) is 6.92 Å². The molecule has 0 aromatic heterocycles. The fourth-order valence-electron chi connectivity index (χ4n) is 1.56. The van der Waals surface area contributed by atoms with Gasteiger partial charge in [0.2, 0.25) is 0 Å². The Morgan fingerprint density at radius 1 is 1.20 bits per heavy atom. The zero-order valence-electron chi connectivity index (χ0n) is 12.0. The van der Waals surface area contributed by atoms with E-state index in [2.05, 4.69) is 38.9 Å². The minimum atomic E-state index is -4.27. The Bertz CT molecular complexity index is 620. The molecule has 0 bridgehead atoms. The molecule has 0 atom stereocenters. The summed E-state index contributed by atoms with van der Waals surface area (Å²) in [7, 11) is 2.07. The topological polar surface area (TPSA) is 63.5 Å². The van der Waals surface area contributed by atoms with Crippen molar-refractivity contribution in [2.75, 3.05) is 21.1 Å². The monoisotopic (exact) mass is 404 g/mol. The predicted octanol–water partition coefficient (Wildman–Crippen LogP) is 0.367. The summed E-state index contributed by atoms with van der Waals surface area (Å²) in [6, 6.07) is 5.78. The van der Waals surface area contributed by atoms with Gasteiger partial charge in [0.1, 0.15) is 10.1 Å². The first-order valence-electron chi connectivity index (χ1n) is 5.95. The van der Waals surface area contributed by atoms with Crippen LogP contribution in [0.25, 0.3) is 0 Å². The Morgan fingerprint density at radius 3 is 2.05 bits per heavy atom. The summed E-state index contributed by atoms with van der Waals surface area (Å²) >= 11 is -0.294. The Labute approximate surface area is 131 Å². The van der Waals surface area contributed by atoms with Gasteiger partial charge in [0, 0.05) is 0 Å². The molecule has 1 heterocycles. The third-order valence-electron chi connectivity index (χ3n) is 2.61. The van der Waals surface area contributed by atoms with Crippen LogP contribution >= 0.6 is 0 Å². The summed E-state index contributed by atoms with van der Waals surface area (Å²) in [5.41, 5.74) is 0.928. The van der Waals surface area contributed by atoms with Crippen LogP contribution in [0.5, 0.6) is 0 Å². The molecule has 0 radical (unpaired) electrons. The summed E-state index contributed by atoms with van der Waals surface area (Å²) in [5.74, 6) is 1.36. The van der Waals surface area contributed by atoms with E-state index in [4.69, 9.17) is 0 Å². The van der Waals surface area contributed by atoms with E-state index in [0.717, 1.165) is 5.56 Å². The molecule has 20 heavy (non-hydrogen) atoms. The van der Waals surface area contributed by atoms with Gasteiger partial charge in [-0.1, -0.05) is 17.7 Å². The number of benzene rings is 1. The molecule has 1 aromatic carbocycles. The minimum absolute atomic E-state index is 0.178. The van der Waals surface area contributed by atoms with Gasteiger partial charge in [-0.2, -0.15) is 0 Å². The fraction of sp³-hybridized carbons (Fsp3) is 0.308. The van der Waals surface area contributed by atoms with Crippen LogP contribution in [0.4, 0.5) is 0 Å². The number of nitrogens with zero attached hydrogens (tertiary/aromatic N) is 2. The van der Waals surface area contributed by atoms with E-state index in [9.17, 15) is 13.0 Å². The van der Waals surface area contributed by atoms with Gasteiger partial charge in [-0.25, -0.2) is 8.42 Å². The molecule has 110 valence electrons. The van der Waals surface area contributed by atoms with Crippen molar-refractivity contribution in [3.8, 4) is 0 Å². The normalized spacial score (nSPS) is 14.1. The van der Waals surface area contributed by atoms with Gasteiger partial charge in [0.25, 0.3) is 0 Å². The molecule has 1 aliphatic rings. The molecule has 1 aliphatic heterocycles. The summed E-state index contributed by atoms with van der Waals surface area (Å²) in [5, 5.41) is 0. The second kappa shape index (κ2) is 7.25. The number of likely N-dealkylation sites (N-methyl/N-ethyl adjacent to an activating group) is 1. The number of aryl methyl sites for hydroxylation is 1. The van der Waals surface area contributed by atoms with E-state index >= 15 is 0 Å². The van der Waals surface area contributed by atoms with Gasteiger partial charge < -0.3 is 4.55 Å². The van der Waals surface area contributed by atoms with Crippen molar-refractivity contribution in [3.63, 3.8) is 0 Å².